The molecule has 1 saturated heterocycles. The summed E-state index contributed by atoms with van der Waals surface area (Å²) in [5.41, 5.74) is 6.49. The van der Waals surface area contributed by atoms with Gasteiger partial charge in [-0.05, 0) is 43.5 Å². The van der Waals surface area contributed by atoms with Gasteiger partial charge in [0.25, 0.3) is 0 Å². The van der Waals surface area contributed by atoms with E-state index in [1.165, 1.54) is 6.07 Å². The number of hydrogen-bond acceptors (Lipinski definition) is 3. The van der Waals surface area contributed by atoms with Gasteiger partial charge in [0.2, 0.25) is 0 Å². The second-order valence-electron chi connectivity index (χ2n) is 5.12. The Balaban J connectivity index is 1.71. The second kappa shape index (κ2) is 7.58. The monoisotopic (exact) mass is 266 g/mol. The number of hydrogen-bond donors (Lipinski definition) is 1. The summed E-state index contributed by atoms with van der Waals surface area (Å²) in [6.45, 7) is 4.32. The largest absolute Gasteiger partial charge is 0.378 e. The molecule has 1 aromatic carbocycles. The van der Waals surface area contributed by atoms with Crippen molar-refractivity contribution in [3.05, 3.63) is 35.6 Å². The third-order valence-corrected chi connectivity index (χ3v) is 3.53. The van der Waals surface area contributed by atoms with E-state index in [1.807, 2.05) is 6.07 Å². The van der Waals surface area contributed by atoms with Crippen LogP contribution in [-0.4, -0.2) is 37.2 Å². The lowest BCUT2D eigenvalue weighted by Crippen LogP contribution is -2.36. The minimum atomic E-state index is -0.155. The molecular formula is C15H23FN2O. The molecule has 1 heterocycles. The highest BCUT2D eigenvalue weighted by molar-refractivity contribution is 5.16. The summed E-state index contributed by atoms with van der Waals surface area (Å²) >= 11 is 0. The average molecular weight is 266 g/mol. The van der Waals surface area contributed by atoms with Crippen molar-refractivity contribution in [2.45, 2.75) is 31.9 Å². The minimum Gasteiger partial charge on any atom is -0.378 e. The van der Waals surface area contributed by atoms with Crippen molar-refractivity contribution in [3.8, 4) is 0 Å². The van der Waals surface area contributed by atoms with Gasteiger partial charge in [0.05, 0.1) is 6.10 Å². The van der Waals surface area contributed by atoms with Crippen LogP contribution in [0.3, 0.4) is 0 Å². The molecule has 0 spiro atoms. The number of ether oxygens (including phenoxy) is 1. The van der Waals surface area contributed by atoms with Gasteiger partial charge in [0.1, 0.15) is 5.82 Å². The lowest BCUT2D eigenvalue weighted by molar-refractivity contribution is 0.00562. The molecule has 106 valence electrons. The summed E-state index contributed by atoms with van der Waals surface area (Å²) in [4.78, 5) is 2.36. The van der Waals surface area contributed by atoms with Crippen LogP contribution >= 0.6 is 0 Å². The van der Waals surface area contributed by atoms with Gasteiger partial charge in [-0.25, -0.2) is 4.39 Å². The summed E-state index contributed by atoms with van der Waals surface area (Å²) in [5.74, 6) is -0.155. The molecule has 0 atom stereocenters. The Labute approximate surface area is 114 Å². The van der Waals surface area contributed by atoms with Gasteiger partial charge in [-0.1, -0.05) is 12.1 Å². The Bertz CT molecular complexity index is 378. The van der Waals surface area contributed by atoms with Crippen molar-refractivity contribution in [1.29, 1.82) is 0 Å². The highest BCUT2D eigenvalue weighted by Crippen LogP contribution is 2.16. The smallest absolute Gasteiger partial charge is 0.123 e. The van der Waals surface area contributed by atoms with Crippen molar-refractivity contribution in [2.24, 2.45) is 5.73 Å². The zero-order valence-electron chi connectivity index (χ0n) is 11.4. The molecule has 1 aromatic rings. The predicted octanol–water partition coefficient (Wildman–Crippen LogP) is 2.16. The number of nitrogens with zero attached hydrogens (tertiary/aromatic N) is 1. The van der Waals surface area contributed by atoms with E-state index < -0.39 is 0 Å². The zero-order chi connectivity index (χ0) is 13.5. The van der Waals surface area contributed by atoms with Crippen LogP contribution in [0.15, 0.2) is 24.3 Å². The first-order valence-electron chi connectivity index (χ1n) is 7.06. The molecule has 4 heteroatoms. The van der Waals surface area contributed by atoms with Gasteiger partial charge < -0.3 is 10.5 Å². The molecular weight excluding hydrogens is 243 g/mol. The molecule has 3 nitrogen and oxygen atoms in total. The molecule has 1 aliphatic heterocycles. The normalized spacial score (nSPS) is 17.8. The Kier molecular flexibility index (Phi) is 5.76. The van der Waals surface area contributed by atoms with Gasteiger partial charge >= 0.3 is 0 Å². The van der Waals surface area contributed by atoms with E-state index in [2.05, 4.69) is 4.90 Å². The molecule has 19 heavy (non-hydrogen) atoms. The van der Waals surface area contributed by atoms with Gasteiger partial charge in [0, 0.05) is 26.2 Å². The SMILES string of the molecule is NCCCOC1CCN(Cc2cccc(F)c2)CC1. The maximum Gasteiger partial charge on any atom is 0.123 e. The quantitative estimate of drug-likeness (QED) is 0.802. The number of benzene rings is 1. The van der Waals surface area contributed by atoms with Gasteiger partial charge in [0.15, 0.2) is 0 Å². The maximum absolute atomic E-state index is 13.1. The fourth-order valence-electron chi connectivity index (χ4n) is 2.46. The Morgan fingerprint density at radius 1 is 1.32 bits per heavy atom. The van der Waals surface area contributed by atoms with Crippen molar-refractivity contribution < 1.29 is 9.13 Å². The molecule has 0 bridgehead atoms. The van der Waals surface area contributed by atoms with Crippen molar-refractivity contribution in [1.82, 2.24) is 4.90 Å². The van der Waals surface area contributed by atoms with E-state index in [-0.39, 0.29) is 5.82 Å². The highest BCUT2D eigenvalue weighted by Gasteiger charge is 2.19. The van der Waals surface area contributed by atoms with Crippen molar-refractivity contribution >= 4 is 0 Å². The van der Waals surface area contributed by atoms with Crippen LogP contribution in [0.1, 0.15) is 24.8 Å². The fourth-order valence-corrected chi connectivity index (χ4v) is 2.46. The molecule has 0 radical (unpaired) electrons. The van der Waals surface area contributed by atoms with Crippen LogP contribution in [0.4, 0.5) is 4.39 Å². The lowest BCUT2D eigenvalue weighted by atomic mass is 10.1. The molecule has 1 aliphatic rings. The van der Waals surface area contributed by atoms with Crippen molar-refractivity contribution in [2.75, 3.05) is 26.2 Å². The molecule has 0 amide bonds. The van der Waals surface area contributed by atoms with Gasteiger partial charge in [-0.3, -0.25) is 4.90 Å². The van der Waals surface area contributed by atoms with Crippen LogP contribution in [0.25, 0.3) is 0 Å². The van der Waals surface area contributed by atoms with Gasteiger partial charge in [-0.15, -0.1) is 0 Å². The molecule has 0 aliphatic carbocycles. The summed E-state index contributed by atoms with van der Waals surface area (Å²) in [6, 6.07) is 6.85. The summed E-state index contributed by atoms with van der Waals surface area (Å²) in [7, 11) is 0. The van der Waals surface area contributed by atoms with E-state index in [0.29, 0.717) is 12.6 Å². The molecule has 2 rings (SSSR count). The van der Waals surface area contributed by atoms with E-state index >= 15 is 0 Å². The molecule has 0 aromatic heterocycles. The number of likely N-dealkylation sites (tertiary alicyclic amines) is 1. The number of piperidine rings is 1. The topological polar surface area (TPSA) is 38.5 Å². The van der Waals surface area contributed by atoms with Crippen molar-refractivity contribution in [3.63, 3.8) is 0 Å². The summed E-state index contributed by atoms with van der Waals surface area (Å²) in [5, 5.41) is 0. The van der Waals surface area contributed by atoms with Crippen LogP contribution < -0.4 is 5.73 Å². The van der Waals surface area contributed by atoms with E-state index in [1.54, 1.807) is 12.1 Å². The number of halogens is 1. The highest BCUT2D eigenvalue weighted by atomic mass is 19.1. The molecule has 0 unspecified atom stereocenters. The third kappa shape index (κ3) is 4.90. The van der Waals surface area contributed by atoms with Gasteiger partial charge in [-0.2, -0.15) is 0 Å². The Morgan fingerprint density at radius 3 is 2.79 bits per heavy atom. The minimum absolute atomic E-state index is 0.155. The summed E-state index contributed by atoms with van der Waals surface area (Å²) < 4.78 is 18.9. The Morgan fingerprint density at radius 2 is 2.11 bits per heavy atom. The zero-order valence-corrected chi connectivity index (χ0v) is 11.4. The third-order valence-electron chi connectivity index (χ3n) is 3.53. The first-order chi connectivity index (χ1) is 9.28. The standard InChI is InChI=1S/C15H23FN2O/c16-14-4-1-3-13(11-14)12-18-8-5-15(6-9-18)19-10-2-7-17/h1,3-4,11,15H,2,5-10,12,17H2. The van der Waals surface area contributed by atoms with Crippen LogP contribution in [0.5, 0.6) is 0 Å². The number of rotatable bonds is 6. The molecule has 1 fully saturated rings. The van der Waals surface area contributed by atoms with Crippen LogP contribution in [-0.2, 0) is 11.3 Å². The Hall–Kier alpha value is -0.970. The first-order valence-corrected chi connectivity index (χ1v) is 7.06. The van der Waals surface area contributed by atoms with E-state index in [9.17, 15) is 4.39 Å². The molecule has 2 N–H and O–H groups in total. The molecule has 0 saturated carbocycles. The second-order valence-corrected chi connectivity index (χ2v) is 5.12. The van der Waals surface area contributed by atoms with E-state index in [0.717, 1.165) is 51.1 Å². The lowest BCUT2D eigenvalue weighted by Gasteiger charge is -2.31. The van der Waals surface area contributed by atoms with Crippen LogP contribution in [0, 0.1) is 5.82 Å². The predicted molar refractivity (Wildman–Crippen MR) is 74.3 cm³/mol. The van der Waals surface area contributed by atoms with Crippen LogP contribution in [0.2, 0.25) is 0 Å². The summed E-state index contributed by atoms with van der Waals surface area (Å²) in [6.07, 6.45) is 3.42. The van der Waals surface area contributed by atoms with E-state index in [4.69, 9.17) is 10.5 Å². The first kappa shape index (κ1) is 14.4. The maximum atomic E-state index is 13.1. The number of nitrogens with two attached hydrogens (primary N) is 1. The fraction of sp³-hybridized carbons (Fsp3) is 0.600. The average Bonchev–Trinajstić information content (AvgIpc) is 2.41.